The molecule has 0 amide bonds. The Balaban J connectivity index is 2.27. The van der Waals surface area contributed by atoms with Crippen molar-refractivity contribution in [2.75, 3.05) is 17.6 Å². The van der Waals surface area contributed by atoms with Crippen LogP contribution >= 0.6 is 0 Å². The van der Waals surface area contributed by atoms with Crippen molar-refractivity contribution in [3.8, 4) is 0 Å². The molecule has 1 heterocycles. The Morgan fingerprint density at radius 3 is 3.09 bits per heavy atom. The van der Waals surface area contributed by atoms with E-state index in [1.54, 1.807) is 6.07 Å². The number of nitrogens with two attached hydrogens (primary N) is 1. The molecule has 4 heteroatoms. The first-order valence-electron chi connectivity index (χ1n) is 3.87. The Bertz CT molecular complexity index is 206. The lowest BCUT2D eigenvalue weighted by atomic mass is 10.3. The van der Waals surface area contributed by atoms with Crippen molar-refractivity contribution in [2.45, 2.75) is 19.8 Å². The first kappa shape index (κ1) is 7.91. The molecule has 0 saturated heterocycles. The number of nitrogens with zero attached hydrogens (tertiary/aromatic N) is 1. The number of unbranched alkanes of at least 4 members (excludes halogenated alkanes) is 1. The molecule has 0 radical (unpaired) electrons. The van der Waals surface area contributed by atoms with Crippen LogP contribution in [0.1, 0.15) is 19.8 Å². The number of nitrogen functional groups attached to an aromatic ring is 1. The van der Waals surface area contributed by atoms with E-state index in [-0.39, 0.29) is 0 Å². The van der Waals surface area contributed by atoms with Crippen molar-refractivity contribution in [3.05, 3.63) is 6.07 Å². The zero-order valence-electron chi connectivity index (χ0n) is 6.72. The van der Waals surface area contributed by atoms with Gasteiger partial charge in [0.15, 0.2) is 0 Å². The predicted octanol–water partition coefficient (Wildman–Crippen LogP) is 1.20. The van der Waals surface area contributed by atoms with Gasteiger partial charge in [-0.05, 0) is 6.42 Å². The Morgan fingerprint density at radius 1 is 1.73 bits per heavy atom. The van der Waals surface area contributed by atoms with Crippen LogP contribution in [-0.4, -0.2) is 16.7 Å². The van der Waals surface area contributed by atoms with Gasteiger partial charge in [0, 0.05) is 12.6 Å². The summed E-state index contributed by atoms with van der Waals surface area (Å²) in [6, 6.07) is 1.79. The fourth-order valence-corrected chi connectivity index (χ4v) is 0.820. The standard InChI is InChI=1S/C7H14N4/c1-2-3-4-9-7-5-6(8)10-11-7/h5H,2-4H2,1H3,(H4,8,9,10,11). The van der Waals surface area contributed by atoms with Crippen LogP contribution in [0.15, 0.2) is 6.07 Å². The summed E-state index contributed by atoms with van der Waals surface area (Å²) in [7, 11) is 0. The van der Waals surface area contributed by atoms with Gasteiger partial charge in [0.05, 0.1) is 0 Å². The zero-order chi connectivity index (χ0) is 8.10. The molecule has 0 atom stereocenters. The van der Waals surface area contributed by atoms with Gasteiger partial charge in [-0.25, -0.2) is 0 Å². The molecular weight excluding hydrogens is 140 g/mol. The van der Waals surface area contributed by atoms with Gasteiger partial charge in [0.25, 0.3) is 0 Å². The van der Waals surface area contributed by atoms with E-state index in [0.29, 0.717) is 5.82 Å². The van der Waals surface area contributed by atoms with Crippen molar-refractivity contribution >= 4 is 11.6 Å². The molecule has 11 heavy (non-hydrogen) atoms. The lowest BCUT2D eigenvalue weighted by Crippen LogP contribution is -2.00. The number of anilines is 2. The lowest BCUT2D eigenvalue weighted by Gasteiger charge is -1.98. The van der Waals surface area contributed by atoms with Crippen molar-refractivity contribution in [1.82, 2.24) is 10.2 Å². The molecule has 1 aromatic rings. The summed E-state index contributed by atoms with van der Waals surface area (Å²) in [5, 5.41) is 9.73. The molecule has 4 nitrogen and oxygen atoms in total. The molecule has 0 aliphatic carbocycles. The molecule has 62 valence electrons. The van der Waals surface area contributed by atoms with Gasteiger partial charge < -0.3 is 11.1 Å². The quantitative estimate of drug-likeness (QED) is 0.571. The van der Waals surface area contributed by atoms with Gasteiger partial charge in [0.1, 0.15) is 11.6 Å². The van der Waals surface area contributed by atoms with Crippen molar-refractivity contribution in [2.24, 2.45) is 0 Å². The minimum atomic E-state index is 0.601. The number of rotatable bonds is 4. The third-order valence-corrected chi connectivity index (χ3v) is 1.43. The fraction of sp³-hybridized carbons (Fsp3) is 0.571. The van der Waals surface area contributed by atoms with Gasteiger partial charge in [-0.2, -0.15) is 5.10 Å². The van der Waals surface area contributed by atoms with Gasteiger partial charge in [-0.15, -0.1) is 0 Å². The summed E-state index contributed by atoms with van der Waals surface area (Å²) in [5.74, 6) is 1.43. The molecule has 0 unspecified atom stereocenters. The van der Waals surface area contributed by atoms with E-state index in [4.69, 9.17) is 5.73 Å². The first-order valence-corrected chi connectivity index (χ1v) is 3.87. The van der Waals surface area contributed by atoms with Crippen LogP contribution in [-0.2, 0) is 0 Å². The second-order valence-electron chi connectivity index (χ2n) is 2.49. The molecule has 1 aromatic heterocycles. The van der Waals surface area contributed by atoms with Crippen LogP contribution in [0.2, 0.25) is 0 Å². The highest BCUT2D eigenvalue weighted by Crippen LogP contribution is 2.05. The maximum atomic E-state index is 5.42. The van der Waals surface area contributed by atoms with Crippen LogP contribution in [0, 0.1) is 0 Å². The summed E-state index contributed by atoms with van der Waals surface area (Å²) in [4.78, 5) is 0. The summed E-state index contributed by atoms with van der Waals surface area (Å²) in [6.07, 6.45) is 2.35. The molecule has 1 rings (SSSR count). The Morgan fingerprint density at radius 2 is 2.55 bits per heavy atom. The highest BCUT2D eigenvalue weighted by atomic mass is 15.2. The molecule has 0 bridgehead atoms. The van der Waals surface area contributed by atoms with E-state index in [9.17, 15) is 0 Å². The van der Waals surface area contributed by atoms with E-state index in [1.807, 2.05) is 0 Å². The summed E-state index contributed by atoms with van der Waals surface area (Å²) in [6.45, 7) is 3.11. The van der Waals surface area contributed by atoms with E-state index >= 15 is 0 Å². The maximum absolute atomic E-state index is 5.42. The fourth-order valence-electron chi connectivity index (χ4n) is 0.820. The number of nitrogens with one attached hydrogen (secondary N) is 2. The molecule has 0 aliphatic heterocycles. The SMILES string of the molecule is CCCCNc1cc(N)[nH]n1. The molecule has 0 fully saturated rings. The third-order valence-electron chi connectivity index (χ3n) is 1.43. The first-order chi connectivity index (χ1) is 5.33. The monoisotopic (exact) mass is 154 g/mol. The van der Waals surface area contributed by atoms with Gasteiger partial charge in [-0.3, -0.25) is 5.10 Å². The third kappa shape index (κ3) is 2.49. The minimum absolute atomic E-state index is 0.601. The van der Waals surface area contributed by atoms with Crippen molar-refractivity contribution in [3.63, 3.8) is 0 Å². The minimum Gasteiger partial charge on any atom is -0.384 e. The number of aromatic amines is 1. The molecule has 0 saturated carbocycles. The van der Waals surface area contributed by atoms with Crippen molar-refractivity contribution in [1.29, 1.82) is 0 Å². The van der Waals surface area contributed by atoms with Gasteiger partial charge in [-0.1, -0.05) is 13.3 Å². The van der Waals surface area contributed by atoms with E-state index in [1.165, 1.54) is 6.42 Å². The summed E-state index contributed by atoms with van der Waals surface area (Å²) >= 11 is 0. The van der Waals surface area contributed by atoms with Crippen molar-refractivity contribution < 1.29 is 0 Å². The molecular formula is C7H14N4. The highest BCUT2D eigenvalue weighted by molar-refractivity contribution is 5.43. The number of aromatic nitrogens is 2. The molecule has 4 N–H and O–H groups in total. The van der Waals surface area contributed by atoms with Crippen LogP contribution in [0.4, 0.5) is 11.6 Å². The largest absolute Gasteiger partial charge is 0.384 e. The molecule has 0 aromatic carbocycles. The van der Waals surface area contributed by atoms with Gasteiger partial charge >= 0.3 is 0 Å². The van der Waals surface area contributed by atoms with Crippen LogP contribution in [0.3, 0.4) is 0 Å². The normalized spacial score (nSPS) is 9.91. The van der Waals surface area contributed by atoms with E-state index in [0.717, 1.165) is 18.8 Å². The van der Waals surface area contributed by atoms with E-state index in [2.05, 4.69) is 22.4 Å². The lowest BCUT2D eigenvalue weighted by molar-refractivity contribution is 0.830. The second-order valence-corrected chi connectivity index (χ2v) is 2.49. The van der Waals surface area contributed by atoms with Crippen LogP contribution in [0.25, 0.3) is 0 Å². The van der Waals surface area contributed by atoms with Gasteiger partial charge in [0.2, 0.25) is 0 Å². The highest BCUT2D eigenvalue weighted by Gasteiger charge is 1.94. The van der Waals surface area contributed by atoms with Crippen LogP contribution < -0.4 is 11.1 Å². The maximum Gasteiger partial charge on any atom is 0.149 e. The topological polar surface area (TPSA) is 66.7 Å². The smallest absolute Gasteiger partial charge is 0.149 e. The number of hydrogen-bond donors (Lipinski definition) is 3. The molecule has 0 aliphatic rings. The Hall–Kier alpha value is -1.19. The van der Waals surface area contributed by atoms with E-state index < -0.39 is 0 Å². The predicted molar refractivity (Wildman–Crippen MR) is 46.4 cm³/mol. The Labute approximate surface area is 66.2 Å². The average molecular weight is 154 g/mol. The van der Waals surface area contributed by atoms with Crippen LogP contribution in [0.5, 0.6) is 0 Å². The zero-order valence-corrected chi connectivity index (χ0v) is 6.72. The second kappa shape index (κ2) is 3.85. The summed E-state index contributed by atoms with van der Waals surface area (Å²) < 4.78 is 0. The Kier molecular flexibility index (Phi) is 2.77. The average Bonchev–Trinajstić information content (AvgIpc) is 2.37. The molecule has 0 spiro atoms. The number of hydrogen-bond acceptors (Lipinski definition) is 3. The number of H-pyrrole nitrogens is 1. The summed E-state index contributed by atoms with van der Waals surface area (Å²) in [5.41, 5.74) is 5.42.